The lowest BCUT2D eigenvalue weighted by atomic mass is 10.1. The Labute approximate surface area is 124 Å². The molecule has 0 unspecified atom stereocenters. The lowest BCUT2D eigenvalue weighted by Gasteiger charge is -2.14. The summed E-state index contributed by atoms with van der Waals surface area (Å²) in [5.74, 6) is 0. The Kier molecular flexibility index (Phi) is 4.17. The zero-order valence-corrected chi connectivity index (χ0v) is 11.9. The molecule has 0 bridgehead atoms. The number of rotatable bonds is 4. The third-order valence-corrected chi connectivity index (χ3v) is 3.21. The summed E-state index contributed by atoms with van der Waals surface area (Å²) in [6.45, 7) is 0.400. The van der Waals surface area contributed by atoms with Gasteiger partial charge in [-0.05, 0) is 24.3 Å². The van der Waals surface area contributed by atoms with E-state index in [4.69, 9.17) is 18.0 Å². The van der Waals surface area contributed by atoms with Crippen molar-refractivity contribution in [3.63, 3.8) is 0 Å². The molecule has 0 spiro atoms. The van der Waals surface area contributed by atoms with Crippen molar-refractivity contribution < 1.29 is 13.2 Å². The van der Waals surface area contributed by atoms with Crippen molar-refractivity contribution in [2.45, 2.75) is 12.7 Å². The molecule has 0 radical (unpaired) electrons. The van der Waals surface area contributed by atoms with Crippen molar-refractivity contribution in [3.8, 4) is 0 Å². The Hall–Kier alpha value is -2.09. The number of anilines is 1. The first-order chi connectivity index (χ1) is 9.79. The molecule has 1 heterocycles. The first-order valence-electron chi connectivity index (χ1n) is 6.01. The number of nitrogens with zero attached hydrogens (tertiary/aromatic N) is 2. The van der Waals surface area contributed by atoms with E-state index in [2.05, 4.69) is 10.4 Å². The molecule has 0 saturated carbocycles. The van der Waals surface area contributed by atoms with E-state index in [1.165, 1.54) is 6.07 Å². The number of nitrogens with one attached hydrogen (secondary N) is 1. The predicted molar refractivity (Wildman–Crippen MR) is 77.9 cm³/mol. The number of halogens is 3. The van der Waals surface area contributed by atoms with E-state index >= 15 is 0 Å². The molecular weight excluding hydrogens is 301 g/mol. The molecule has 112 valence electrons. The summed E-state index contributed by atoms with van der Waals surface area (Å²) in [6, 6.07) is 5.08. The fraction of sp³-hybridized carbons (Fsp3) is 0.231. The molecule has 2 aromatic rings. The quantitative estimate of drug-likeness (QED) is 0.852. The topological polar surface area (TPSA) is 55.9 Å². The van der Waals surface area contributed by atoms with Crippen LogP contribution in [-0.2, 0) is 19.8 Å². The first-order valence-corrected chi connectivity index (χ1v) is 6.41. The van der Waals surface area contributed by atoms with Gasteiger partial charge in [0, 0.05) is 24.5 Å². The third kappa shape index (κ3) is 3.52. The SMILES string of the molecule is Cn1nccc1CNc1ccc(C(F)(F)F)cc1C(N)=S. The molecule has 0 aliphatic carbocycles. The molecule has 8 heteroatoms. The highest BCUT2D eigenvalue weighted by atomic mass is 32.1. The van der Waals surface area contributed by atoms with Crippen LogP contribution in [0.3, 0.4) is 0 Å². The molecule has 2 rings (SSSR count). The van der Waals surface area contributed by atoms with Crippen molar-refractivity contribution >= 4 is 22.9 Å². The van der Waals surface area contributed by atoms with Crippen LogP contribution in [0.4, 0.5) is 18.9 Å². The van der Waals surface area contributed by atoms with Crippen LogP contribution in [0.2, 0.25) is 0 Å². The molecule has 3 N–H and O–H groups in total. The van der Waals surface area contributed by atoms with E-state index in [-0.39, 0.29) is 10.6 Å². The molecule has 4 nitrogen and oxygen atoms in total. The Morgan fingerprint density at radius 2 is 2.10 bits per heavy atom. The van der Waals surface area contributed by atoms with Gasteiger partial charge in [-0.1, -0.05) is 12.2 Å². The minimum Gasteiger partial charge on any atom is -0.389 e. The van der Waals surface area contributed by atoms with Gasteiger partial charge in [-0.3, -0.25) is 4.68 Å². The smallest absolute Gasteiger partial charge is 0.389 e. The maximum Gasteiger partial charge on any atom is 0.416 e. The molecule has 0 saturated heterocycles. The highest BCUT2D eigenvalue weighted by Crippen LogP contribution is 2.32. The molecular formula is C13H13F3N4S. The van der Waals surface area contributed by atoms with Crippen LogP contribution in [0.25, 0.3) is 0 Å². The van der Waals surface area contributed by atoms with Gasteiger partial charge in [-0.25, -0.2) is 0 Å². The molecule has 21 heavy (non-hydrogen) atoms. The Morgan fingerprint density at radius 3 is 2.62 bits per heavy atom. The van der Waals surface area contributed by atoms with Gasteiger partial charge < -0.3 is 11.1 Å². The lowest BCUT2D eigenvalue weighted by Crippen LogP contribution is -2.16. The van der Waals surface area contributed by atoms with Gasteiger partial charge in [0.2, 0.25) is 0 Å². The van der Waals surface area contributed by atoms with E-state index in [0.717, 1.165) is 17.8 Å². The van der Waals surface area contributed by atoms with Crippen LogP contribution >= 0.6 is 12.2 Å². The third-order valence-electron chi connectivity index (χ3n) is 2.99. The van der Waals surface area contributed by atoms with Crippen molar-refractivity contribution in [2.75, 3.05) is 5.32 Å². The maximum absolute atomic E-state index is 12.7. The van der Waals surface area contributed by atoms with Crippen molar-refractivity contribution in [1.82, 2.24) is 9.78 Å². The van der Waals surface area contributed by atoms with Crippen molar-refractivity contribution in [2.24, 2.45) is 12.8 Å². The van der Waals surface area contributed by atoms with Crippen LogP contribution < -0.4 is 11.1 Å². The summed E-state index contributed by atoms with van der Waals surface area (Å²) >= 11 is 4.82. The zero-order chi connectivity index (χ0) is 15.6. The van der Waals surface area contributed by atoms with Crippen LogP contribution in [0.5, 0.6) is 0 Å². The first kappa shape index (κ1) is 15.3. The summed E-state index contributed by atoms with van der Waals surface area (Å²) < 4.78 is 39.8. The van der Waals surface area contributed by atoms with Gasteiger partial charge in [0.25, 0.3) is 0 Å². The average Bonchev–Trinajstić information content (AvgIpc) is 2.80. The molecule has 0 atom stereocenters. The van der Waals surface area contributed by atoms with Gasteiger partial charge in [-0.2, -0.15) is 18.3 Å². The summed E-state index contributed by atoms with van der Waals surface area (Å²) in [6.07, 6.45) is -2.79. The highest BCUT2D eigenvalue weighted by Gasteiger charge is 2.31. The number of aromatic nitrogens is 2. The Morgan fingerprint density at radius 1 is 1.38 bits per heavy atom. The van der Waals surface area contributed by atoms with Gasteiger partial charge in [0.15, 0.2) is 0 Å². The zero-order valence-electron chi connectivity index (χ0n) is 11.1. The van der Waals surface area contributed by atoms with Crippen LogP contribution in [-0.4, -0.2) is 14.8 Å². The molecule has 1 aromatic heterocycles. The standard InChI is InChI=1S/C13H13F3N4S/c1-20-9(4-5-19-20)7-18-11-3-2-8(13(14,15)16)6-10(11)12(17)21/h2-6,18H,7H2,1H3,(H2,17,21). The number of aryl methyl sites for hydroxylation is 1. The number of alkyl halides is 3. The second kappa shape index (κ2) is 5.72. The minimum atomic E-state index is -4.43. The van der Waals surface area contributed by atoms with E-state index in [9.17, 15) is 13.2 Å². The fourth-order valence-electron chi connectivity index (χ4n) is 1.84. The van der Waals surface area contributed by atoms with Crippen LogP contribution in [0, 0.1) is 0 Å². The number of hydrogen-bond donors (Lipinski definition) is 2. The molecule has 0 aliphatic rings. The van der Waals surface area contributed by atoms with Crippen molar-refractivity contribution in [1.29, 1.82) is 0 Å². The van der Waals surface area contributed by atoms with E-state index in [0.29, 0.717) is 12.2 Å². The minimum absolute atomic E-state index is 0.0893. The lowest BCUT2D eigenvalue weighted by molar-refractivity contribution is -0.137. The number of benzene rings is 1. The average molecular weight is 314 g/mol. The highest BCUT2D eigenvalue weighted by molar-refractivity contribution is 7.80. The maximum atomic E-state index is 12.7. The van der Waals surface area contributed by atoms with Gasteiger partial charge in [0.1, 0.15) is 4.99 Å². The van der Waals surface area contributed by atoms with Crippen LogP contribution in [0.1, 0.15) is 16.8 Å². The number of thiocarbonyl (C=S) groups is 1. The molecule has 1 aromatic carbocycles. The fourth-order valence-corrected chi connectivity index (χ4v) is 2.01. The van der Waals surface area contributed by atoms with Crippen LogP contribution in [0.15, 0.2) is 30.5 Å². The predicted octanol–water partition coefficient (Wildman–Crippen LogP) is 2.69. The molecule has 0 amide bonds. The van der Waals surface area contributed by atoms with Gasteiger partial charge in [0.05, 0.1) is 17.8 Å². The Bertz CT molecular complexity index is 664. The summed E-state index contributed by atoms with van der Waals surface area (Å²) in [4.78, 5) is -0.0893. The summed E-state index contributed by atoms with van der Waals surface area (Å²) in [7, 11) is 1.78. The van der Waals surface area contributed by atoms with Gasteiger partial charge >= 0.3 is 6.18 Å². The normalized spacial score (nSPS) is 11.4. The van der Waals surface area contributed by atoms with E-state index in [1.54, 1.807) is 24.0 Å². The van der Waals surface area contributed by atoms with E-state index < -0.39 is 11.7 Å². The molecule has 0 fully saturated rings. The largest absolute Gasteiger partial charge is 0.416 e. The van der Waals surface area contributed by atoms with Gasteiger partial charge in [-0.15, -0.1) is 0 Å². The van der Waals surface area contributed by atoms with E-state index in [1.807, 2.05) is 0 Å². The second-order valence-electron chi connectivity index (χ2n) is 4.42. The number of nitrogens with two attached hydrogens (primary N) is 1. The monoisotopic (exact) mass is 314 g/mol. The van der Waals surface area contributed by atoms with Crippen molar-refractivity contribution in [3.05, 3.63) is 47.3 Å². The Balaban J connectivity index is 2.27. The number of hydrogen-bond acceptors (Lipinski definition) is 3. The second-order valence-corrected chi connectivity index (χ2v) is 4.86. The summed E-state index contributed by atoms with van der Waals surface area (Å²) in [5.41, 5.74) is 6.23. The molecule has 0 aliphatic heterocycles. The summed E-state index contributed by atoms with van der Waals surface area (Å²) in [5, 5.41) is 7.03.